The second kappa shape index (κ2) is 7.71. The molecule has 1 saturated heterocycles. The molecular weight excluding hydrogens is 274 g/mol. The Balaban J connectivity index is 1.79. The maximum atomic E-state index is 12.1. The molecule has 1 N–H and O–H groups in total. The van der Waals surface area contributed by atoms with Crippen molar-refractivity contribution in [2.45, 2.75) is 32.9 Å². The monoisotopic (exact) mass is 298 g/mol. The molecule has 0 bridgehead atoms. The fraction of sp³-hybridized carbons (Fsp3) is 0.625. The van der Waals surface area contributed by atoms with Crippen molar-refractivity contribution in [3.63, 3.8) is 0 Å². The fourth-order valence-electron chi connectivity index (χ4n) is 2.77. The summed E-state index contributed by atoms with van der Waals surface area (Å²) >= 11 is 0. The Hall–Kier alpha value is -1.20. The molecule has 1 aromatic rings. The topological polar surface area (TPSA) is 24.5 Å². The van der Waals surface area contributed by atoms with Crippen LogP contribution in [0.3, 0.4) is 0 Å². The Bertz CT molecular complexity index is 425. The Labute approximate surface area is 125 Å². The minimum atomic E-state index is -2.77. The van der Waals surface area contributed by atoms with Crippen molar-refractivity contribution in [1.82, 2.24) is 10.2 Å². The van der Waals surface area contributed by atoms with Crippen molar-refractivity contribution >= 4 is 0 Å². The summed E-state index contributed by atoms with van der Waals surface area (Å²) in [5.41, 5.74) is 1.09. The first-order valence-electron chi connectivity index (χ1n) is 7.59. The van der Waals surface area contributed by atoms with Crippen LogP contribution in [0.15, 0.2) is 24.3 Å². The highest BCUT2D eigenvalue weighted by atomic mass is 19.3. The quantitative estimate of drug-likeness (QED) is 0.836. The van der Waals surface area contributed by atoms with Crippen LogP contribution in [-0.4, -0.2) is 37.7 Å². The molecule has 5 heteroatoms. The molecule has 1 aliphatic rings. The molecule has 1 heterocycles. The molecule has 0 radical (unpaired) electrons. The van der Waals surface area contributed by atoms with E-state index in [1.165, 1.54) is 13.0 Å². The number of nitrogens with one attached hydrogen (secondary N) is 1. The van der Waals surface area contributed by atoms with Crippen LogP contribution >= 0.6 is 0 Å². The van der Waals surface area contributed by atoms with Crippen molar-refractivity contribution in [3.05, 3.63) is 29.8 Å². The predicted molar refractivity (Wildman–Crippen MR) is 79.7 cm³/mol. The minimum absolute atomic E-state index is 0.204. The summed E-state index contributed by atoms with van der Waals surface area (Å²) in [6.07, 6.45) is 1.24. The van der Waals surface area contributed by atoms with Gasteiger partial charge in [0.25, 0.3) is 0 Å². The van der Waals surface area contributed by atoms with Crippen LogP contribution in [0.5, 0.6) is 5.75 Å². The third-order valence-corrected chi connectivity index (χ3v) is 4.14. The van der Waals surface area contributed by atoms with Crippen molar-refractivity contribution in [2.75, 3.05) is 26.2 Å². The fourth-order valence-corrected chi connectivity index (χ4v) is 2.77. The Morgan fingerprint density at radius 3 is 2.62 bits per heavy atom. The van der Waals surface area contributed by atoms with Crippen molar-refractivity contribution < 1.29 is 13.5 Å². The number of ether oxygens (including phenoxy) is 1. The van der Waals surface area contributed by atoms with Gasteiger partial charge >= 0.3 is 6.61 Å². The maximum absolute atomic E-state index is 12.1. The summed E-state index contributed by atoms with van der Waals surface area (Å²) in [6, 6.07) is 7.06. The number of alkyl halides is 2. The molecule has 3 nitrogen and oxygen atoms in total. The highest BCUT2D eigenvalue weighted by molar-refractivity contribution is 5.28. The maximum Gasteiger partial charge on any atom is 0.387 e. The molecular formula is C16H24F2N2O. The molecule has 1 fully saturated rings. The Morgan fingerprint density at radius 1 is 1.33 bits per heavy atom. The normalized spacial score (nSPS) is 20.9. The lowest BCUT2D eigenvalue weighted by Crippen LogP contribution is -2.28. The van der Waals surface area contributed by atoms with Crippen LogP contribution in [-0.2, 0) is 0 Å². The zero-order chi connectivity index (χ0) is 15.2. The molecule has 0 aromatic heterocycles. The number of likely N-dealkylation sites (tertiary alicyclic amines) is 1. The molecule has 0 saturated carbocycles. The van der Waals surface area contributed by atoms with Gasteiger partial charge in [0.15, 0.2) is 0 Å². The summed E-state index contributed by atoms with van der Waals surface area (Å²) in [4.78, 5) is 2.47. The molecule has 1 aliphatic heterocycles. The first-order chi connectivity index (χ1) is 10.1. The number of rotatable bonds is 7. The van der Waals surface area contributed by atoms with Crippen LogP contribution in [0.2, 0.25) is 0 Å². The standard InChI is InChI=1S/C16H24F2N2O/c1-3-20-9-8-13(11-20)10-19-12(2)14-4-6-15(7-5-14)21-16(17)18/h4-7,12-13,16,19H,3,8-11H2,1-2H3. The average Bonchev–Trinajstić information content (AvgIpc) is 2.93. The lowest BCUT2D eigenvalue weighted by atomic mass is 10.1. The Morgan fingerprint density at radius 2 is 2.05 bits per heavy atom. The van der Waals surface area contributed by atoms with Crippen LogP contribution < -0.4 is 10.1 Å². The van der Waals surface area contributed by atoms with Gasteiger partial charge in [-0.1, -0.05) is 19.1 Å². The van der Waals surface area contributed by atoms with Crippen molar-refractivity contribution in [3.8, 4) is 5.75 Å². The van der Waals surface area contributed by atoms with E-state index in [9.17, 15) is 8.78 Å². The van der Waals surface area contributed by atoms with E-state index in [4.69, 9.17) is 0 Å². The summed E-state index contributed by atoms with van der Waals surface area (Å²) in [6.45, 7) is 5.99. The number of nitrogens with zero attached hydrogens (tertiary/aromatic N) is 1. The number of benzene rings is 1. The number of hydrogen-bond acceptors (Lipinski definition) is 3. The van der Waals surface area contributed by atoms with E-state index in [-0.39, 0.29) is 11.8 Å². The molecule has 0 aliphatic carbocycles. The van der Waals surface area contributed by atoms with Gasteiger partial charge < -0.3 is 15.0 Å². The largest absolute Gasteiger partial charge is 0.435 e. The summed E-state index contributed by atoms with van der Waals surface area (Å²) in [5.74, 6) is 0.907. The summed E-state index contributed by atoms with van der Waals surface area (Å²) in [7, 11) is 0. The third kappa shape index (κ3) is 4.93. The van der Waals surface area contributed by atoms with Crippen LogP contribution in [0.4, 0.5) is 8.78 Å². The average molecular weight is 298 g/mol. The third-order valence-electron chi connectivity index (χ3n) is 4.14. The lowest BCUT2D eigenvalue weighted by Gasteiger charge is -2.18. The van der Waals surface area contributed by atoms with Gasteiger partial charge in [0.05, 0.1) is 0 Å². The van der Waals surface area contributed by atoms with Crippen LogP contribution in [0.25, 0.3) is 0 Å². The molecule has 0 spiro atoms. The summed E-state index contributed by atoms with van der Waals surface area (Å²) in [5, 5.41) is 3.53. The van der Waals surface area contributed by atoms with E-state index in [2.05, 4.69) is 28.8 Å². The van der Waals surface area contributed by atoms with E-state index >= 15 is 0 Å². The number of hydrogen-bond donors (Lipinski definition) is 1. The zero-order valence-corrected chi connectivity index (χ0v) is 12.7. The first-order valence-corrected chi connectivity index (χ1v) is 7.59. The van der Waals surface area contributed by atoms with Gasteiger partial charge in [0, 0.05) is 12.6 Å². The molecule has 2 unspecified atom stereocenters. The molecule has 1 aromatic carbocycles. The van der Waals surface area contributed by atoms with Gasteiger partial charge in [-0.15, -0.1) is 0 Å². The van der Waals surface area contributed by atoms with E-state index in [0.717, 1.165) is 25.2 Å². The van der Waals surface area contributed by atoms with Gasteiger partial charge in [-0.2, -0.15) is 8.78 Å². The molecule has 2 atom stereocenters. The zero-order valence-electron chi connectivity index (χ0n) is 12.7. The van der Waals surface area contributed by atoms with E-state index in [1.54, 1.807) is 12.1 Å². The van der Waals surface area contributed by atoms with Gasteiger partial charge in [0.2, 0.25) is 0 Å². The van der Waals surface area contributed by atoms with Gasteiger partial charge in [0.1, 0.15) is 5.75 Å². The Kier molecular flexibility index (Phi) is 5.94. The molecule has 0 amide bonds. The van der Waals surface area contributed by atoms with Gasteiger partial charge in [-0.3, -0.25) is 0 Å². The molecule has 2 rings (SSSR count). The van der Waals surface area contributed by atoms with E-state index in [1.807, 2.05) is 12.1 Å². The number of halogens is 2. The second-order valence-electron chi connectivity index (χ2n) is 5.63. The first kappa shape index (κ1) is 16.2. The highest BCUT2D eigenvalue weighted by Gasteiger charge is 2.21. The minimum Gasteiger partial charge on any atom is -0.435 e. The summed E-state index contributed by atoms with van der Waals surface area (Å²) < 4.78 is 28.5. The SMILES string of the molecule is CCN1CCC(CNC(C)c2ccc(OC(F)F)cc2)C1. The van der Waals surface area contributed by atoms with Crippen LogP contribution in [0.1, 0.15) is 31.9 Å². The van der Waals surface area contributed by atoms with Gasteiger partial charge in [-0.05, 0) is 56.6 Å². The van der Waals surface area contributed by atoms with E-state index in [0.29, 0.717) is 5.92 Å². The smallest absolute Gasteiger partial charge is 0.387 e. The predicted octanol–water partition coefficient (Wildman–Crippen LogP) is 3.28. The second-order valence-corrected chi connectivity index (χ2v) is 5.63. The van der Waals surface area contributed by atoms with E-state index < -0.39 is 6.61 Å². The van der Waals surface area contributed by atoms with Crippen molar-refractivity contribution in [2.24, 2.45) is 5.92 Å². The lowest BCUT2D eigenvalue weighted by molar-refractivity contribution is -0.0498. The van der Waals surface area contributed by atoms with Crippen molar-refractivity contribution in [1.29, 1.82) is 0 Å². The van der Waals surface area contributed by atoms with Gasteiger partial charge in [-0.25, -0.2) is 0 Å². The highest BCUT2D eigenvalue weighted by Crippen LogP contribution is 2.20. The van der Waals surface area contributed by atoms with Crippen LogP contribution in [0, 0.1) is 5.92 Å². The molecule has 21 heavy (non-hydrogen) atoms. The molecule has 118 valence electrons.